The van der Waals surface area contributed by atoms with E-state index in [0.717, 1.165) is 29.1 Å². The van der Waals surface area contributed by atoms with Crippen LogP contribution in [0.15, 0.2) is 35.3 Å². The average molecular weight is 312 g/mol. The smallest absolute Gasteiger partial charge is 0.288 e. The quantitative estimate of drug-likeness (QED) is 0.710. The van der Waals surface area contributed by atoms with Gasteiger partial charge < -0.3 is 9.88 Å². The van der Waals surface area contributed by atoms with E-state index in [9.17, 15) is 9.59 Å². The zero-order chi connectivity index (χ0) is 16.4. The summed E-state index contributed by atoms with van der Waals surface area (Å²) < 4.78 is 1.80. The predicted octanol–water partition coefficient (Wildman–Crippen LogP) is 2.36. The largest absolute Gasteiger partial charge is 0.354 e. The minimum absolute atomic E-state index is 0.0858. The van der Waals surface area contributed by atoms with Gasteiger partial charge in [-0.05, 0) is 19.4 Å². The van der Waals surface area contributed by atoms with Gasteiger partial charge in [-0.15, -0.1) is 0 Å². The van der Waals surface area contributed by atoms with Crippen molar-refractivity contribution in [2.45, 2.75) is 32.7 Å². The molecule has 0 saturated carbocycles. The molecule has 1 amide bonds. The second-order valence-corrected chi connectivity index (χ2v) is 5.67. The van der Waals surface area contributed by atoms with E-state index in [-0.39, 0.29) is 11.5 Å². The molecule has 1 aromatic carbocycles. The van der Waals surface area contributed by atoms with Gasteiger partial charge in [0.15, 0.2) is 0 Å². The lowest BCUT2D eigenvalue weighted by Crippen LogP contribution is -2.32. The Bertz CT molecular complexity index is 910. The van der Waals surface area contributed by atoms with Gasteiger partial charge >= 0.3 is 0 Å². The molecule has 6 heteroatoms. The molecule has 0 saturated heterocycles. The molecule has 0 spiro atoms. The number of benzene rings is 1. The fourth-order valence-electron chi connectivity index (χ4n) is 2.92. The van der Waals surface area contributed by atoms with Crippen LogP contribution in [-0.4, -0.2) is 27.2 Å². The number of hydrogen-bond acceptors (Lipinski definition) is 3. The summed E-state index contributed by atoms with van der Waals surface area (Å²) in [6, 6.07) is 7.21. The number of H-pyrrole nitrogens is 1. The summed E-state index contributed by atoms with van der Waals surface area (Å²) in [6.07, 6.45) is 3.60. The van der Waals surface area contributed by atoms with Crippen molar-refractivity contribution in [2.24, 2.45) is 0 Å². The van der Waals surface area contributed by atoms with E-state index in [4.69, 9.17) is 0 Å². The van der Waals surface area contributed by atoms with Crippen molar-refractivity contribution >= 4 is 27.7 Å². The van der Waals surface area contributed by atoms with Gasteiger partial charge in [-0.1, -0.05) is 31.5 Å². The number of unbranched alkanes of at least 4 members (excludes halogenated alkanes) is 1. The lowest BCUT2D eigenvalue weighted by molar-refractivity contribution is -0.123. The second-order valence-electron chi connectivity index (χ2n) is 5.67. The van der Waals surface area contributed by atoms with E-state index in [1.54, 1.807) is 10.8 Å². The van der Waals surface area contributed by atoms with Crippen LogP contribution in [0.3, 0.4) is 0 Å². The van der Waals surface area contributed by atoms with Crippen molar-refractivity contribution in [3.63, 3.8) is 0 Å². The molecule has 23 heavy (non-hydrogen) atoms. The first-order chi connectivity index (χ1) is 11.1. The highest BCUT2D eigenvalue weighted by Crippen LogP contribution is 2.29. The van der Waals surface area contributed by atoms with Crippen LogP contribution in [0.1, 0.15) is 32.7 Å². The summed E-state index contributed by atoms with van der Waals surface area (Å²) >= 11 is 0. The minimum atomic E-state index is -0.474. The maximum Gasteiger partial charge on any atom is 0.288 e. The highest BCUT2D eigenvalue weighted by molar-refractivity contribution is 6.08. The van der Waals surface area contributed by atoms with Crippen molar-refractivity contribution in [3.8, 4) is 0 Å². The molecule has 0 aliphatic rings. The zero-order valence-corrected chi connectivity index (χ0v) is 13.3. The van der Waals surface area contributed by atoms with Gasteiger partial charge in [0.05, 0.1) is 11.7 Å². The third kappa shape index (κ3) is 2.60. The maximum absolute atomic E-state index is 12.5. The number of nitrogens with zero attached hydrogens (tertiary/aromatic N) is 2. The number of rotatable bonds is 5. The third-order valence-corrected chi connectivity index (χ3v) is 4.12. The Morgan fingerprint density at radius 1 is 1.35 bits per heavy atom. The lowest BCUT2D eigenvalue weighted by atomic mass is 10.2. The van der Waals surface area contributed by atoms with Gasteiger partial charge in [-0.3, -0.25) is 9.59 Å². The summed E-state index contributed by atoms with van der Waals surface area (Å²) in [5, 5.41) is 11.0. The van der Waals surface area contributed by atoms with E-state index < -0.39 is 6.04 Å². The van der Waals surface area contributed by atoms with Crippen molar-refractivity contribution in [1.29, 1.82) is 0 Å². The number of hydrogen-bond donors (Lipinski definition) is 2. The third-order valence-electron chi connectivity index (χ3n) is 4.12. The van der Waals surface area contributed by atoms with E-state index in [2.05, 4.69) is 22.4 Å². The molecule has 0 aliphatic carbocycles. The molecule has 2 heterocycles. The number of aromatic nitrogens is 3. The second kappa shape index (κ2) is 6.24. The molecule has 2 N–H and O–H groups in total. The Labute approximate surface area is 133 Å². The molecule has 120 valence electrons. The summed E-state index contributed by atoms with van der Waals surface area (Å²) in [5.74, 6) is -0.0858. The molecular weight excluding hydrogens is 292 g/mol. The number of amides is 1. The standard InChI is InChI=1S/C17H20N4O2/c1-3-4-9-18-16(22)11(2)21-14-8-6-5-7-12(14)13-10-19-20-17(23)15(13)21/h5-8,10-11H,3-4,9H2,1-2H3,(H,18,22)(H,20,23). The Hall–Kier alpha value is -2.63. The van der Waals surface area contributed by atoms with E-state index >= 15 is 0 Å². The topological polar surface area (TPSA) is 79.8 Å². The van der Waals surface area contributed by atoms with E-state index in [1.165, 1.54) is 0 Å². The van der Waals surface area contributed by atoms with Gasteiger partial charge in [-0.25, -0.2) is 5.10 Å². The number of aromatic amines is 1. The van der Waals surface area contributed by atoms with Gasteiger partial charge in [0.2, 0.25) is 5.91 Å². The van der Waals surface area contributed by atoms with Crippen molar-refractivity contribution in [2.75, 3.05) is 6.54 Å². The zero-order valence-electron chi connectivity index (χ0n) is 13.3. The van der Waals surface area contributed by atoms with E-state index in [0.29, 0.717) is 12.1 Å². The Morgan fingerprint density at radius 2 is 2.13 bits per heavy atom. The van der Waals surface area contributed by atoms with Crippen LogP contribution >= 0.6 is 0 Å². The predicted molar refractivity (Wildman–Crippen MR) is 90.5 cm³/mol. The van der Waals surface area contributed by atoms with Gasteiger partial charge in [-0.2, -0.15) is 5.10 Å². The molecule has 2 aromatic heterocycles. The Balaban J connectivity index is 2.15. The molecule has 6 nitrogen and oxygen atoms in total. The molecule has 1 atom stereocenters. The van der Waals surface area contributed by atoms with Crippen molar-refractivity contribution in [3.05, 3.63) is 40.8 Å². The summed E-state index contributed by atoms with van der Waals surface area (Å²) in [5.41, 5.74) is 1.06. The minimum Gasteiger partial charge on any atom is -0.354 e. The molecule has 3 aromatic rings. The van der Waals surface area contributed by atoms with Crippen LogP contribution in [0, 0.1) is 0 Å². The highest BCUT2D eigenvalue weighted by Gasteiger charge is 2.22. The number of carbonyl (C=O) groups is 1. The molecular formula is C17H20N4O2. The molecule has 0 fully saturated rings. The van der Waals surface area contributed by atoms with Crippen molar-refractivity contribution in [1.82, 2.24) is 20.1 Å². The molecule has 0 bridgehead atoms. The van der Waals surface area contributed by atoms with Crippen LogP contribution in [0.4, 0.5) is 0 Å². The summed E-state index contributed by atoms with van der Waals surface area (Å²) in [7, 11) is 0. The van der Waals surface area contributed by atoms with Crippen LogP contribution in [0.25, 0.3) is 21.8 Å². The summed E-state index contributed by atoms with van der Waals surface area (Å²) in [6.45, 7) is 4.54. The monoisotopic (exact) mass is 312 g/mol. The Kier molecular flexibility index (Phi) is 4.14. The highest BCUT2D eigenvalue weighted by atomic mass is 16.2. The van der Waals surface area contributed by atoms with Gasteiger partial charge in [0, 0.05) is 17.3 Å². The first-order valence-electron chi connectivity index (χ1n) is 7.89. The number of nitrogens with one attached hydrogen (secondary N) is 2. The fourth-order valence-corrected chi connectivity index (χ4v) is 2.92. The first-order valence-corrected chi connectivity index (χ1v) is 7.89. The van der Waals surface area contributed by atoms with Gasteiger partial charge in [0.1, 0.15) is 11.6 Å². The molecule has 0 radical (unpaired) electrons. The van der Waals surface area contributed by atoms with Crippen molar-refractivity contribution < 1.29 is 4.79 Å². The van der Waals surface area contributed by atoms with Crippen LogP contribution < -0.4 is 10.9 Å². The van der Waals surface area contributed by atoms with E-state index in [1.807, 2.05) is 31.2 Å². The molecule has 3 rings (SSSR count). The fraction of sp³-hybridized carbons (Fsp3) is 0.353. The molecule has 0 aliphatic heterocycles. The summed E-state index contributed by atoms with van der Waals surface area (Å²) in [4.78, 5) is 24.7. The average Bonchev–Trinajstić information content (AvgIpc) is 2.90. The molecule has 1 unspecified atom stereocenters. The number of fused-ring (bicyclic) bond motifs is 3. The number of carbonyl (C=O) groups excluding carboxylic acids is 1. The van der Waals surface area contributed by atoms with Crippen LogP contribution in [0.2, 0.25) is 0 Å². The Morgan fingerprint density at radius 3 is 2.91 bits per heavy atom. The van der Waals surface area contributed by atoms with Gasteiger partial charge in [0.25, 0.3) is 5.56 Å². The SMILES string of the molecule is CCCCNC(=O)C(C)n1c2ccccc2c2cn[nH]c(=O)c21. The van der Waals surface area contributed by atoms with Crippen LogP contribution in [-0.2, 0) is 4.79 Å². The number of para-hydroxylation sites is 1. The lowest BCUT2D eigenvalue weighted by Gasteiger charge is -2.16. The maximum atomic E-state index is 12.5. The normalized spacial score (nSPS) is 12.6. The first kappa shape index (κ1) is 15.3. The van der Waals surface area contributed by atoms with Crippen LogP contribution in [0.5, 0.6) is 0 Å².